The summed E-state index contributed by atoms with van der Waals surface area (Å²) >= 11 is 0. The topological polar surface area (TPSA) is 52.3 Å². The molecule has 1 aromatic rings. The van der Waals surface area contributed by atoms with Gasteiger partial charge in [0.1, 0.15) is 0 Å². The minimum atomic E-state index is -0.736. The molecule has 1 fully saturated rings. The van der Waals surface area contributed by atoms with E-state index in [-0.39, 0.29) is 12.2 Å². The molecule has 4 heteroatoms. The van der Waals surface area contributed by atoms with Gasteiger partial charge in [-0.15, -0.1) is 0 Å². The van der Waals surface area contributed by atoms with Crippen molar-refractivity contribution in [3.63, 3.8) is 0 Å². The Balaban J connectivity index is 2.04. The van der Waals surface area contributed by atoms with E-state index < -0.39 is 5.97 Å². The molecule has 2 heterocycles. The summed E-state index contributed by atoms with van der Waals surface area (Å²) in [5.74, 6) is -0.736. The van der Waals surface area contributed by atoms with Gasteiger partial charge in [0.15, 0.2) is 6.21 Å². The Hall–Kier alpha value is -1.84. The molecule has 2 unspecified atom stereocenters. The van der Waals surface area contributed by atoms with E-state index >= 15 is 0 Å². The molecule has 3 rings (SSSR count). The summed E-state index contributed by atoms with van der Waals surface area (Å²) in [4.78, 5) is 11.1. The highest BCUT2D eigenvalue weighted by Gasteiger charge is 2.43. The third-order valence-electron chi connectivity index (χ3n) is 3.29. The van der Waals surface area contributed by atoms with Crippen molar-refractivity contribution in [2.24, 2.45) is 0 Å². The molecule has 1 aromatic carbocycles. The molecule has 0 aliphatic carbocycles. The number of anilines is 1. The molecule has 2 aliphatic heterocycles. The largest absolute Gasteiger partial charge is 0.476 e. The predicted molar refractivity (Wildman–Crippen MR) is 59.9 cm³/mol. The zero-order valence-corrected chi connectivity index (χ0v) is 8.76. The van der Waals surface area contributed by atoms with Crippen molar-refractivity contribution in [1.29, 1.82) is 0 Å². The molecule has 2 atom stereocenters. The van der Waals surface area contributed by atoms with Crippen LogP contribution in [0.3, 0.4) is 0 Å². The summed E-state index contributed by atoms with van der Waals surface area (Å²) in [7, 11) is 0. The smallest absolute Gasteiger partial charge is 0.373 e. The highest BCUT2D eigenvalue weighted by atomic mass is 16.4. The van der Waals surface area contributed by atoms with Crippen LogP contribution in [0.15, 0.2) is 24.3 Å². The zero-order chi connectivity index (χ0) is 11.1. The first-order valence-corrected chi connectivity index (χ1v) is 5.46. The van der Waals surface area contributed by atoms with Gasteiger partial charge in [-0.1, -0.05) is 12.1 Å². The molecule has 16 heavy (non-hydrogen) atoms. The summed E-state index contributed by atoms with van der Waals surface area (Å²) in [5.41, 5.74) is 2.15. The third kappa shape index (κ3) is 1.30. The van der Waals surface area contributed by atoms with Crippen LogP contribution in [0.25, 0.3) is 0 Å². The predicted octanol–water partition coefficient (Wildman–Crippen LogP) is 1.12. The summed E-state index contributed by atoms with van der Waals surface area (Å²) in [6.45, 7) is 0. The minimum Gasteiger partial charge on any atom is -0.476 e. The lowest BCUT2D eigenvalue weighted by molar-refractivity contribution is -0.558. The summed E-state index contributed by atoms with van der Waals surface area (Å²) in [6, 6.07) is 7.58. The van der Waals surface area contributed by atoms with Crippen LogP contribution in [0.5, 0.6) is 0 Å². The molecule has 82 valence electrons. The summed E-state index contributed by atoms with van der Waals surface area (Å²) in [6.07, 6.45) is 3.68. The number of para-hydroxylation sites is 1. The average Bonchev–Trinajstić information content (AvgIpc) is 2.68. The molecule has 1 saturated heterocycles. The minimum absolute atomic E-state index is 0.135. The second-order valence-electron chi connectivity index (χ2n) is 4.26. The maximum absolute atomic E-state index is 11.1. The van der Waals surface area contributed by atoms with Crippen molar-refractivity contribution < 1.29 is 14.5 Å². The van der Waals surface area contributed by atoms with Crippen molar-refractivity contribution in [1.82, 2.24) is 0 Å². The number of carboxylic acids is 1. The maximum Gasteiger partial charge on any atom is 0.373 e. The third-order valence-corrected chi connectivity index (χ3v) is 3.29. The summed E-state index contributed by atoms with van der Waals surface area (Å²) < 4.78 is 1.92. The van der Waals surface area contributed by atoms with E-state index in [0.717, 1.165) is 17.7 Å². The van der Waals surface area contributed by atoms with Gasteiger partial charge < -0.3 is 10.4 Å². The normalized spacial score (nSPS) is 26.4. The van der Waals surface area contributed by atoms with Crippen LogP contribution in [0, 0.1) is 0 Å². The van der Waals surface area contributed by atoms with Crippen LogP contribution in [0.4, 0.5) is 5.69 Å². The van der Waals surface area contributed by atoms with Crippen LogP contribution in [-0.4, -0.2) is 34.1 Å². The van der Waals surface area contributed by atoms with E-state index in [9.17, 15) is 4.79 Å². The van der Waals surface area contributed by atoms with E-state index in [4.69, 9.17) is 5.11 Å². The van der Waals surface area contributed by atoms with Crippen molar-refractivity contribution in [3.8, 4) is 0 Å². The molecular formula is C12H13N2O2+. The van der Waals surface area contributed by atoms with E-state index in [0.29, 0.717) is 6.42 Å². The second-order valence-corrected chi connectivity index (χ2v) is 4.26. The van der Waals surface area contributed by atoms with Crippen LogP contribution < -0.4 is 5.32 Å². The molecule has 0 radical (unpaired) electrons. The van der Waals surface area contributed by atoms with Crippen molar-refractivity contribution in [2.45, 2.75) is 25.0 Å². The number of hydrogen-bond acceptors (Lipinski definition) is 2. The van der Waals surface area contributed by atoms with Gasteiger partial charge in [-0.05, 0) is 12.1 Å². The Morgan fingerprint density at radius 2 is 2.19 bits per heavy atom. The van der Waals surface area contributed by atoms with Crippen molar-refractivity contribution >= 4 is 17.9 Å². The summed E-state index contributed by atoms with van der Waals surface area (Å²) in [5, 5.41) is 12.5. The van der Waals surface area contributed by atoms with Gasteiger partial charge in [0.2, 0.25) is 6.17 Å². The van der Waals surface area contributed by atoms with Gasteiger partial charge in [0, 0.05) is 12.8 Å². The fourth-order valence-electron chi connectivity index (χ4n) is 2.49. The first-order chi connectivity index (χ1) is 7.75. The number of rotatable bonds is 1. The molecule has 0 spiro atoms. The van der Waals surface area contributed by atoms with Crippen molar-refractivity contribution in [2.75, 3.05) is 5.32 Å². The lowest BCUT2D eigenvalue weighted by Crippen LogP contribution is -2.40. The number of carboxylic acid groups (broad SMARTS) is 1. The SMILES string of the molecule is O=C(O)C1CCC2Nc3ccccc3C=[N+]21. The highest BCUT2D eigenvalue weighted by Crippen LogP contribution is 2.27. The molecule has 2 aliphatic rings. The average molecular weight is 217 g/mol. The molecule has 0 saturated carbocycles. The highest BCUT2D eigenvalue weighted by molar-refractivity contribution is 5.87. The van der Waals surface area contributed by atoms with E-state index in [1.165, 1.54) is 0 Å². The van der Waals surface area contributed by atoms with E-state index in [1.807, 2.05) is 35.1 Å². The molecule has 0 bridgehead atoms. The van der Waals surface area contributed by atoms with Crippen LogP contribution >= 0.6 is 0 Å². The number of carbonyl (C=O) groups is 1. The lowest BCUT2D eigenvalue weighted by atomic mass is 10.1. The van der Waals surface area contributed by atoms with E-state index in [1.54, 1.807) is 0 Å². The van der Waals surface area contributed by atoms with Gasteiger partial charge >= 0.3 is 5.97 Å². The molecule has 4 nitrogen and oxygen atoms in total. The Morgan fingerprint density at radius 3 is 3.00 bits per heavy atom. The Kier molecular flexibility index (Phi) is 1.96. The second kappa shape index (κ2) is 3.33. The Labute approximate surface area is 93.2 Å². The number of aliphatic carboxylic acids is 1. The standard InChI is InChI=1S/C12H12N2O2/c15-12(16)10-5-6-11-13-9-4-2-1-3-8(9)7-14(10)11/h1-4,7,10-11H,5-6H2,(H,15,16)/p+1. The van der Waals surface area contributed by atoms with Gasteiger partial charge in [-0.25, -0.2) is 9.37 Å². The van der Waals surface area contributed by atoms with Gasteiger partial charge in [-0.3, -0.25) is 0 Å². The van der Waals surface area contributed by atoms with Crippen molar-refractivity contribution in [3.05, 3.63) is 29.8 Å². The van der Waals surface area contributed by atoms with Gasteiger partial charge in [-0.2, -0.15) is 0 Å². The van der Waals surface area contributed by atoms with Gasteiger partial charge in [0.05, 0.1) is 11.3 Å². The number of hydrogen-bond donors (Lipinski definition) is 2. The first kappa shape index (κ1) is 9.39. The Bertz CT molecular complexity index is 482. The molecule has 0 amide bonds. The van der Waals surface area contributed by atoms with Gasteiger partial charge in [0.25, 0.3) is 6.04 Å². The molecule has 2 N–H and O–H groups in total. The van der Waals surface area contributed by atoms with Crippen LogP contribution in [0.1, 0.15) is 18.4 Å². The van der Waals surface area contributed by atoms with Crippen LogP contribution in [-0.2, 0) is 4.79 Å². The number of fused-ring (bicyclic) bond motifs is 2. The fourth-order valence-corrected chi connectivity index (χ4v) is 2.49. The zero-order valence-electron chi connectivity index (χ0n) is 8.76. The lowest BCUT2D eigenvalue weighted by Gasteiger charge is -2.19. The first-order valence-electron chi connectivity index (χ1n) is 5.46. The number of nitrogens with one attached hydrogen (secondary N) is 1. The monoisotopic (exact) mass is 217 g/mol. The number of nitrogens with zero attached hydrogens (tertiary/aromatic N) is 1. The maximum atomic E-state index is 11.1. The molecule has 0 aromatic heterocycles. The van der Waals surface area contributed by atoms with Crippen LogP contribution in [0.2, 0.25) is 0 Å². The molecular weight excluding hydrogens is 204 g/mol. The van der Waals surface area contributed by atoms with E-state index in [2.05, 4.69) is 5.32 Å². The Morgan fingerprint density at radius 1 is 1.38 bits per heavy atom. The fraction of sp³-hybridized carbons (Fsp3) is 0.333. The number of benzene rings is 1. The quantitative estimate of drug-likeness (QED) is 0.693.